The smallest absolute Gasteiger partial charge is 0.323 e. The standard InChI is InChI=1S/C14H20N2O2/c1-4-18-13-8-6-5-7-12(13)16-14(17)15-10-9-11(2)3/h5-11H,4H2,1-3H3,(H2,15,16,17)/b10-9+. The van der Waals surface area contributed by atoms with E-state index in [-0.39, 0.29) is 6.03 Å². The number of benzene rings is 1. The van der Waals surface area contributed by atoms with E-state index in [1.54, 1.807) is 12.3 Å². The lowest BCUT2D eigenvalue weighted by molar-refractivity contribution is 0.254. The maximum absolute atomic E-state index is 11.6. The maximum Gasteiger partial charge on any atom is 0.323 e. The second-order valence-electron chi connectivity index (χ2n) is 4.13. The quantitative estimate of drug-likeness (QED) is 0.839. The SMILES string of the molecule is CCOc1ccccc1NC(=O)N/C=C/C(C)C. The molecule has 0 atom stereocenters. The van der Waals surface area contributed by atoms with Crippen LogP contribution in [0, 0.1) is 5.92 Å². The highest BCUT2D eigenvalue weighted by Crippen LogP contribution is 2.23. The summed E-state index contributed by atoms with van der Waals surface area (Å²) in [6.45, 7) is 6.55. The molecule has 0 spiro atoms. The Balaban J connectivity index is 2.58. The van der Waals surface area contributed by atoms with E-state index in [9.17, 15) is 4.79 Å². The average Bonchev–Trinajstić information content (AvgIpc) is 2.31. The number of amides is 2. The number of urea groups is 1. The minimum absolute atomic E-state index is 0.279. The average molecular weight is 248 g/mol. The summed E-state index contributed by atoms with van der Waals surface area (Å²) in [5.41, 5.74) is 0.662. The zero-order valence-electron chi connectivity index (χ0n) is 11.1. The fourth-order valence-electron chi connectivity index (χ4n) is 1.33. The number of carbonyl (C=O) groups excluding carboxylic acids is 1. The van der Waals surface area contributed by atoms with Gasteiger partial charge < -0.3 is 15.4 Å². The summed E-state index contributed by atoms with van der Waals surface area (Å²) in [7, 11) is 0. The van der Waals surface area contributed by atoms with Crippen molar-refractivity contribution in [3.05, 3.63) is 36.5 Å². The molecule has 1 aromatic rings. The fourth-order valence-corrected chi connectivity index (χ4v) is 1.33. The van der Waals surface area contributed by atoms with Gasteiger partial charge in [0.25, 0.3) is 0 Å². The number of hydrogen-bond acceptors (Lipinski definition) is 2. The molecule has 0 fully saturated rings. The molecule has 98 valence electrons. The zero-order chi connectivity index (χ0) is 13.4. The summed E-state index contributed by atoms with van der Waals surface area (Å²) in [6.07, 6.45) is 3.55. The topological polar surface area (TPSA) is 50.4 Å². The van der Waals surface area contributed by atoms with Crippen molar-refractivity contribution in [2.75, 3.05) is 11.9 Å². The molecule has 1 aromatic carbocycles. The number of rotatable bonds is 5. The van der Waals surface area contributed by atoms with Crippen LogP contribution >= 0.6 is 0 Å². The molecular weight excluding hydrogens is 228 g/mol. The van der Waals surface area contributed by atoms with Crippen LogP contribution in [0.3, 0.4) is 0 Å². The number of allylic oxidation sites excluding steroid dienone is 1. The van der Waals surface area contributed by atoms with Gasteiger partial charge in [-0.3, -0.25) is 0 Å². The van der Waals surface area contributed by atoms with E-state index in [0.29, 0.717) is 24.0 Å². The van der Waals surface area contributed by atoms with Gasteiger partial charge in [0.15, 0.2) is 0 Å². The summed E-state index contributed by atoms with van der Waals surface area (Å²) in [5, 5.41) is 5.39. The summed E-state index contributed by atoms with van der Waals surface area (Å²) in [5.74, 6) is 1.07. The second kappa shape index (κ2) is 7.37. The van der Waals surface area contributed by atoms with Crippen molar-refractivity contribution in [2.45, 2.75) is 20.8 Å². The predicted molar refractivity (Wildman–Crippen MR) is 73.7 cm³/mol. The van der Waals surface area contributed by atoms with E-state index in [1.807, 2.05) is 45.0 Å². The Bertz CT molecular complexity index is 414. The third-order valence-corrected chi connectivity index (χ3v) is 2.13. The third kappa shape index (κ3) is 4.91. The van der Waals surface area contributed by atoms with Crippen LogP contribution in [0.5, 0.6) is 5.75 Å². The molecule has 2 amide bonds. The molecule has 2 N–H and O–H groups in total. The van der Waals surface area contributed by atoms with Gasteiger partial charge in [-0.15, -0.1) is 0 Å². The molecule has 0 saturated carbocycles. The summed E-state index contributed by atoms with van der Waals surface area (Å²) < 4.78 is 5.42. The first-order chi connectivity index (χ1) is 8.63. The van der Waals surface area contributed by atoms with Crippen molar-refractivity contribution in [1.29, 1.82) is 0 Å². The molecule has 0 aliphatic heterocycles. The molecule has 0 unspecified atom stereocenters. The number of nitrogens with one attached hydrogen (secondary N) is 2. The predicted octanol–water partition coefficient (Wildman–Crippen LogP) is 3.38. The van der Waals surface area contributed by atoms with Crippen molar-refractivity contribution < 1.29 is 9.53 Å². The molecule has 0 radical (unpaired) electrons. The Hall–Kier alpha value is -1.97. The monoisotopic (exact) mass is 248 g/mol. The molecule has 0 saturated heterocycles. The molecule has 1 rings (SSSR count). The first-order valence-electron chi connectivity index (χ1n) is 6.09. The van der Waals surface area contributed by atoms with Crippen LogP contribution in [-0.4, -0.2) is 12.6 Å². The lowest BCUT2D eigenvalue weighted by Crippen LogP contribution is -2.24. The molecule has 4 nitrogen and oxygen atoms in total. The highest BCUT2D eigenvalue weighted by Gasteiger charge is 2.05. The first kappa shape index (κ1) is 14.1. The van der Waals surface area contributed by atoms with Crippen molar-refractivity contribution in [3.63, 3.8) is 0 Å². The van der Waals surface area contributed by atoms with Gasteiger partial charge in [0.2, 0.25) is 0 Å². The van der Waals surface area contributed by atoms with Crippen LogP contribution in [0.25, 0.3) is 0 Å². The zero-order valence-corrected chi connectivity index (χ0v) is 11.1. The third-order valence-electron chi connectivity index (χ3n) is 2.13. The van der Waals surface area contributed by atoms with Gasteiger partial charge in [-0.2, -0.15) is 0 Å². The van der Waals surface area contributed by atoms with Crippen LogP contribution in [0.2, 0.25) is 0 Å². The van der Waals surface area contributed by atoms with Crippen LogP contribution in [0.4, 0.5) is 10.5 Å². The summed E-state index contributed by atoms with van der Waals surface area (Å²) >= 11 is 0. The Morgan fingerprint density at radius 1 is 1.39 bits per heavy atom. The van der Waals surface area contributed by atoms with Crippen LogP contribution in [0.15, 0.2) is 36.5 Å². The lowest BCUT2D eigenvalue weighted by atomic mass is 10.2. The van der Waals surface area contributed by atoms with E-state index < -0.39 is 0 Å². The van der Waals surface area contributed by atoms with Crippen LogP contribution in [-0.2, 0) is 0 Å². The summed E-state index contributed by atoms with van der Waals surface area (Å²) in [6, 6.07) is 7.06. The largest absolute Gasteiger partial charge is 0.492 e. The minimum atomic E-state index is -0.279. The molecule has 18 heavy (non-hydrogen) atoms. The maximum atomic E-state index is 11.6. The van der Waals surface area contributed by atoms with Crippen LogP contribution < -0.4 is 15.4 Å². The lowest BCUT2D eigenvalue weighted by Gasteiger charge is -2.10. The van der Waals surface area contributed by atoms with E-state index in [0.717, 1.165) is 0 Å². The second-order valence-corrected chi connectivity index (χ2v) is 4.13. The highest BCUT2D eigenvalue weighted by atomic mass is 16.5. The first-order valence-corrected chi connectivity index (χ1v) is 6.09. The highest BCUT2D eigenvalue weighted by molar-refractivity contribution is 5.91. The van der Waals surface area contributed by atoms with Crippen LogP contribution in [0.1, 0.15) is 20.8 Å². The molecule has 0 aliphatic rings. The molecule has 0 bridgehead atoms. The van der Waals surface area contributed by atoms with Crippen molar-refractivity contribution in [3.8, 4) is 5.75 Å². The number of carbonyl (C=O) groups is 1. The molecule has 4 heteroatoms. The normalized spacial score (nSPS) is 10.7. The van der Waals surface area contributed by atoms with Gasteiger partial charge in [0, 0.05) is 6.20 Å². The van der Waals surface area contributed by atoms with Crippen molar-refractivity contribution >= 4 is 11.7 Å². The Labute approximate surface area is 108 Å². The van der Waals surface area contributed by atoms with E-state index in [4.69, 9.17) is 4.74 Å². The van der Waals surface area contributed by atoms with Crippen molar-refractivity contribution in [2.24, 2.45) is 5.92 Å². The van der Waals surface area contributed by atoms with E-state index in [1.165, 1.54) is 0 Å². The Kier molecular flexibility index (Phi) is 5.77. The van der Waals surface area contributed by atoms with Gasteiger partial charge >= 0.3 is 6.03 Å². The number of anilines is 1. The molecule has 0 heterocycles. The van der Waals surface area contributed by atoms with Gasteiger partial charge in [0.1, 0.15) is 5.75 Å². The number of para-hydroxylation sites is 2. The van der Waals surface area contributed by atoms with Gasteiger partial charge in [-0.25, -0.2) is 4.79 Å². The van der Waals surface area contributed by atoms with Crippen molar-refractivity contribution in [1.82, 2.24) is 5.32 Å². The van der Waals surface area contributed by atoms with Gasteiger partial charge in [0.05, 0.1) is 12.3 Å². The minimum Gasteiger partial charge on any atom is -0.492 e. The number of ether oxygens (including phenoxy) is 1. The Morgan fingerprint density at radius 3 is 2.78 bits per heavy atom. The fraction of sp³-hybridized carbons (Fsp3) is 0.357. The molecule has 0 aromatic heterocycles. The van der Waals surface area contributed by atoms with Gasteiger partial charge in [-0.05, 0) is 25.0 Å². The summed E-state index contributed by atoms with van der Waals surface area (Å²) in [4.78, 5) is 11.6. The van der Waals surface area contributed by atoms with E-state index in [2.05, 4.69) is 10.6 Å². The van der Waals surface area contributed by atoms with Gasteiger partial charge in [-0.1, -0.05) is 32.1 Å². The van der Waals surface area contributed by atoms with E-state index >= 15 is 0 Å². The molecular formula is C14H20N2O2. The molecule has 0 aliphatic carbocycles. The number of hydrogen-bond donors (Lipinski definition) is 2. The Morgan fingerprint density at radius 2 is 2.11 bits per heavy atom.